The van der Waals surface area contributed by atoms with Gasteiger partial charge in [-0.05, 0) is 60.9 Å². The van der Waals surface area contributed by atoms with E-state index in [0.717, 1.165) is 29.9 Å². The summed E-state index contributed by atoms with van der Waals surface area (Å²) in [5.74, 6) is -0.0596. The highest BCUT2D eigenvalue weighted by molar-refractivity contribution is 7.86. The molecule has 12 nitrogen and oxygen atoms in total. The maximum absolute atomic E-state index is 12.6. The standard InChI is InChI=1S/C32H34O12S3/c1-7-40-31-26(23-12-15-25(16-13-23)42-45(4,33)34)19-29(39-3)30(32(31)44-47(6,37)38)24-14-17-27(28(18-24)43-46(5,35)36)41-20-22-10-8-21(2)9-11-22/h8-19H,7,20H2,1-6H3. The van der Waals surface area contributed by atoms with Crippen molar-refractivity contribution in [3.8, 4) is 56.8 Å². The molecule has 4 aromatic rings. The Morgan fingerprint density at radius 3 is 1.74 bits per heavy atom. The number of hydrogen-bond acceptors (Lipinski definition) is 12. The maximum atomic E-state index is 12.6. The molecule has 0 aliphatic carbocycles. The third-order valence-corrected chi connectivity index (χ3v) is 7.79. The van der Waals surface area contributed by atoms with Crippen LogP contribution in [-0.4, -0.2) is 57.7 Å². The minimum absolute atomic E-state index is 0.0239. The summed E-state index contributed by atoms with van der Waals surface area (Å²) in [7, 11) is -10.6. The molecule has 0 unspecified atom stereocenters. The van der Waals surface area contributed by atoms with Crippen LogP contribution in [0, 0.1) is 6.92 Å². The average Bonchev–Trinajstić information content (AvgIpc) is 2.96. The highest BCUT2D eigenvalue weighted by atomic mass is 32.2. The van der Waals surface area contributed by atoms with Crippen LogP contribution in [0.5, 0.6) is 34.5 Å². The van der Waals surface area contributed by atoms with Gasteiger partial charge in [-0.25, -0.2) is 0 Å². The van der Waals surface area contributed by atoms with Crippen LogP contribution in [0.15, 0.2) is 72.8 Å². The summed E-state index contributed by atoms with van der Waals surface area (Å²) in [6, 6.07) is 19.6. The normalized spacial score (nSPS) is 11.9. The summed E-state index contributed by atoms with van der Waals surface area (Å²) in [4.78, 5) is 0. The predicted molar refractivity (Wildman–Crippen MR) is 177 cm³/mol. The summed E-state index contributed by atoms with van der Waals surface area (Å²) >= 11 is 0. The van der Waals surface area contributed by atoms with Crippen LogP contribution in [0.4, 0.5) is 0 Å². The summed E-state index contributed by atoms with van der Waals surface area (Å²) in [6.45, 7) is 3.86. The van der Waals surface area contributed by atoms with Crippen LogP contribution in [-0.2, 0) is 37.0 Å². The highest BCUT2D eigenvalue weighted by Gasteiger charge is 2.28. The molecule has 252 valence electrons. The van der Waals surface area contributed by atoms with Crippen LogP contribution in [0.3, 0.4) is 0 Å². The molecule has 47 heavy (non-hydrogen) atoms. The van der Waals surface area contributed by atoms with Gasteiger partial charge in [0, 0.05) is 5.56 Å². The van der Waals surface area contributed by atoms with E-state index in [-0.39, 0.29) is 58.8 Å². The Labute approximate surface area is 275 Å². The van der Waals surface area contributed by atoms with Crippen molar-refractivity contribution >= 4 is 30.4 Å². The lowest BCUT2D eigenvalue weighted by molar-refractivity contribution is 0.296. The van der Waals surface area contributed by atoms with Crippen molar-refractivity contribution in [3.05, 3.63) is 83.9 Å². The van der Waals surface area contributed by atoms with Crippen molar-refractivity contribution in [1.82, 2.24) is 0 Å². The summed E-state index contributed by atoms with van der Waals surface area (Å²) < 4.78 is 106. The molecule has 0 radical (unpaired) electrons. The second kappa shape index (κ2) is 14.1. The Kier molecular flexibility index (Phi) is 10.6. The molecule has 15 heteroatoms. The van der Waals surface area contributed by atoms with Crippen molar-refractivity contribution in [2.75, 3.05) is 32.5 Å². The third kappa shape index (κ3) is 9.76. The summed E-state index contributed by atoms with van der Waals surface area (Å²) in [5, 5.41) is 0. The lowest BCUT2D eigenvalue weighted by Crippen LogP contribution is -2.10. The van der Waals surface area contributed by atoms with E-state index >= 15 is 0 Å². The molecule has 0 amide bonds. The van der Waals surface area contributed by atoms with E-state index in [9.17, 15) is 25.3 Å². The molecule has 0 aliphatic heterocycles. The molecule has 0 saturated carbocycles. The van der Waals surface area contributed by atoms with Crippen LogP contribution in [0.2, 0.25) is 0 Å². The Morgan fingerprint density at radius 2 is 1.19 bits per heavy atom. The van der Waals surface area contributed by atoms with Gasteiger partial charge in [0.05, 0.1) is 38.0 Å². The van der Waals surface area contributed by atoms with Gasteiger partial charge in [-0.1, -0.05) is 48.0 Å². The Morgan fingerprint density at radius 1 is 0.596 bits per heavy atom. The topological polar surface area (TPSA) is 158 Å². The van der Waals surface area contributed by atoms with E-state index in [1.807, 2.05) is 31.2 Å². The van der Waals surface area contributed by atoms with E-state index < -0.39 is 30.4 Å². The van der Waals surface area contributed by atoms with Gasteiger partial charge < -0.3 is 26.8 Å². The number of aryl methyl sites for hydroxylation is 1. The molecule has 0 spiro atoms. The second-order valence-electron chi connectivity index (χ2n) is 10.4. The minimum atomic E-state index is -4.16. The molecule has 0 atom stereocenters. The molecular formula is C32H34O12S3. The van der Waals surface area contributed by atoms with Crippen molar-refractivity contribution < 1.29 is 52.0 Å². The molecule has 4 rings (SSSR count). The third-order valence-electron chi connectivity index (χ3n) is 6.34. The molecule has 0 aromatic heterocycles. The molecule has 0 aliphatic rings. The van der Waals surface area contributed by atoms with Gasteiger partial charge in [0.25, 0.3) is 0 Å². The maximum Gasteiger partial charge on any atom is 0.306 e. The highest BCUT2D eigenvalue weighted by Crippen LogP contribution is 2.52. The van der Waals surface area contributed by atoms with E-state index in [0.29, 0.717) is 11.1 Å². The van der Waals surface area contributed by atoms with Gasteiger partial charge in [0.15, 0.2) is 23.0 Å². The monoisotopic (exact) mass is 706 g/mol. The predicted octanol–water partition coefficient (Wildman–Crippen LogP) is 5.33. The van der Waals surface area contributed by atoms with Crippen molar-refractivity contribution in [2.24, 2.45) is 0 Å². The second-order valence-corrected chi connectivity index (χ2v) is 15.1. The fraction of sp³-hybridized carbons (Fsp3) is 0.250. The zero-order valence-corrected chi connectivity index (χ0v) is 28.9. The van der Waals surface area contributed by atoms with Crippen molar-refractivity contribution in [1.29, 1.82) is 0 Å². The van der Waals surface area contributed by atoms with Crippen LogP contribution >= 0.6 is 0 Å². The quantitative estimate of drug-likeness (QED) is 0.156. The Bertz CT molecular complexity index is 2070. The van der Waals surface area contributed by atoms with E-state index in [2.05, 4.69) is 0 Å². The largest absolute Gasteiger partial charge is 0.496 e. The zero-order chi connectivity index (χ0) is 34.6. The molecule has 0 heterocycles. The zero-order valence-electron chi connectivity index (χ0n) is 26.5. The van der Waals surface area contributed by atoms with Crippen LogP contribution in [0.1, 0.15) is 18.1 Å². The Balaban J connectivity index is 1.92. The average molecular weight is 707 g/mol. The van der Waals surface area contributed by atoms with Gasteiger partial charge in [-0.2, -0.15) is 25.3 Å². The first-order chi connectivity index (χ1) is 22.0. The van der Waals surface area contributed by atoms with Gasteiger partial charge in [-0.3, -0.25) is 0 Å². The minimum Gasteiger partial charge on any atom is -0.496 e. The number of methoxy groups -OCH3 is 1. The first-order valence-electron chi connectivity index (χ1n) is 14.0. The number of benzene rings is 4. The first kappa shape index (κ1) is 35.4. The summed E-state index contributed by atoms with van der Waals surface area (Å²) in [6.07, 6.45) is 2.67. The number of ether oxygens (including phenoxy) is 3. The number of hydrogen-bond donors (Lipinski definition) is 0. The molecule has 0 fully saturated rings. The molecular weight excluding hydrogens is 673 g/mol. The Hall–Kier alpha value is -4.47. The first-order valence-corrected chi connectivity index (χ1v) is 19.4. The number of rotatable bonds is 14. The molecule has 0 N–H and O–H groups in total. The van der Waals surface area contributed by atoms with Gasteiger partial charge >= 0.3 is 30.4 Å². The SMILES string of the molecule is CCOc1c(-c2ccc(OS(C)(=O)=O)cc2)cc(OC)c(-c2ccc(OCc3ccc(C)cc3)c(OS(C)(=O)=O)c2)c1OS(C)(=O)=O. The van der Waals surface area contributed by atoms with Gasteiger partial charge in [-0.15, -0.1) is 0 Å². The van der Waals surface area contributed by atoms with Crippen molar-refractivity contribution in [3.63, 3.8) is 0 Å². The van der Waals surface area contributed by atoms with E-state index in [1.165, 1.54) is 31.4 Å². The molecule has 0 saturated heterocycles. The van der Waals surface area contributed by atoms with Gasteiger partial charge in [0.1, 0.15) is 18.1 Å². The summed E-state index contributed by atoms with van der Waals surface area (Å²) in [5.41, 5.74) is 3.11. The van der Waals surface area contributed by atoms with E-state index in [4.69, 9.17) is 26.8 Å². The fourth-order valence-electron chi connectivity index (χ4n) is 4.51. The molecule has 0 bridgehead atoms. The molecule has 4 aromatic carbocycles. The smallest absolute Gasteiger partial charge is 0.306 e. The van der Waals surface area contributed by atoms with Crippen molar-refractivity contribution in [2.45, 2.75) is 20.5 Å². The van der Waals surface area contributed by atoms with Crippen LogP contribution < -0.4 is 26.8 Å². The fourth-order valence-corrected chi connectivity index (χ4v) is 5.88. The van der Waals surface area contributed by atoms with Gasteiger partial charge in [0.2, 0.25) is 0 Å². The van der Waals surface area contributed by atoms with Crippen LogP contribution in [0.25, 0.3) is 22.3 Å². The van der Waals surface area contributed by atoms with E-state index in [1.54, 1.807) is 31.2 Å². The lowest BCUT2D eigenvalue weighted by Gasteiger charge is -2.22. The lowest BCUT2D eigenvalue weighted by atomic mass is 9.96.